The van der Waals surface area contributed by atoms with Gasteiger partial charge < -0.3 is 20.1 Å². The van der Waals surface area contributed by atoms with E-state index in [4.69, 9.17) is 21.1 Å². The molecular weight excluding hydrogens is 385 g/mol. The molecule has 8 heteroatoms. The van der Waals surface area contributed by atoms with Gasteiger partial charge in [0.2, 0.25) is 6.79 Å². The van der Waals surface area contributed by atoms with Crippen molar-refractivity contribution in [2.24, 2.45) is 0 Å². The predicted octanol–water partition coefficient (Wildman–Crippen LogP) is 4.28. The Hall–Kier alpha value is -3.32. The summed E-state index contributed by atoms with van der Waals surface area (Å²) in [6, 6.07) is 13.1. The standard InChI is InChI=1S/C20H15ClFN3O3/c21-15-8-13(2-4-16(15)22)25-14-3-5-17(23-10-14)20(26)24-9-12-1-6-18-19(7-12)28-11-27-18/h1-8,10,25H,9,11H2,(H,24,26). The number of nitrogens with one attached hydrogen (secondary N) is 2. The van der Waals surface area contributed by atoms with Crippen LogP contribution in [0.2, 0.25) is 5.02 Å². The van der Waals surface area contributed by atoms with Gasteiger partial charge in [-0.15, -0.1) is 0 Å². The summed E-state index contributed by atoms with van der Waals surface area (Å²) in [4.78, 5) is 16.5. The Morgan fingerprint density at radius 2 is 1.89 bits per heavy atom. The Morgan fingerprint density at radius 3 is 2.68 bits per heavy atom. The third-order valence-electron chi connectivity index (χ3n) is 4.09. The van der Waals surface area contributed by atoms with E-state index < -0.39 is 5.82 Å². The van der Waals surface area contributed by atoms with Gasteiger partial charge in [0.05, 0.1) is 16.9 Å². The molecule has 0 radical (unpaired) electrons. The minimum absolute atomic E-state index is 0.0254. The maximum atomic E-state index is 13.2. The monoisotopic (exact) mass is 399 g/mol. The van der Waals surface area contributed by atoms with Crippen LogP contribution >= 0.6 is 11.6 Å². The van der Waals surface area contributed by atoms with Crippen LogP contribution in [0.25, 0.3) is 0 Å². The molecule has 0 aliphatic carbocycles. The van der Waals surface area contributed by atoms with Gasteiger partial charge >= 0.3 is 0 Å². The van der Waals surface area contributed by atoms with Crippen LogP contribution in [0.4, 0.5) is 15.8 Å². The fourth-order valence-electron chi connectivity index (χ4n) is 2.67. The van der Waals surface area contributed by atoms with E-state index in [1.54, 1.807) is 18.2 Å². The lowest BCUT2D eigenvalue weighted by molar-refractivity contribution is 0.0946. The number of amides is 1. The molecule has 4 rings (SSSR count). The normalized spacial score (nSPS) is 11.9. The zero-order valence-corrected chi connectivity index (χ0v) is 15.3. The number of rotatable bonds is 5. The van der Waals surface area contributed by atoms with Crippen molar-refractivity contribution in [3.63, 3.8) is 0 Å². The lowest BCUT2D eigenvalue weighted by Gasteiger charge is -2.09. The highest BCUT2D eigenvalue weighted by Gasteiger charge is 2.14. The first kappa shape index (κ1) is 18.1. The molecule has 0 spiro atoms. The zero-order chi connectivity index (χ0) is 19.5. The summed E-state index contributed by atoms with van der Waals surface area (Å²) in [5.74, 6) is 0.581. The number of ether oxygens (including phenoxy) is 2. The Balaban J connectivity index is 1.36. The number of hydrogen-bond acceptors (Lipinski definition) is 5. The first-order valence-electron chi connectivity index (χ1n) is 8.43. The Bertz CT molecular complexity index is 1030. The molecule has 142 valence electrons. The molecule has 2 heterocycles. The molecule has 1 aromatic heterocycles. The van der Waals surface area contributed by atoms with Gasteiger partial charge in [0.1, 0.15) is 11.5 Å². The third kappa shape index (κ3) is 3.99. The summed E-state index contributed by atoms with van der Waals surface area (Å²) >= 11 is 5.76. The van der Waals surface area contributed by atoms with Gasteiger partial charge in [0, 0.05) is 12.2 Å². The first-order valence-corrected chi connectivity index (χ1v) is 8.81. The highest BCUT2D eigenvalue weighted by atomic mass is 35.5. The molecule has 28 heavy (non-hydrogen) atoms. The van der Waals surface area contributed by atoms with Crippen molar-refractivity contribution in [2.75, 3.05) is 12.1 Å². The minimum Gasteiger partial charge on any atom is -0.454 e. The molecule has 1 aliphatic rings. The second kappa shape index (κ2) is 7.74. The molecule has 2 N–H and O–H groups in total. The van der Waals surface area contributed by atoms with Crippen molar-refractivity contribution >= 4 is 28.9 Å². The van der Waals surface area contributed by atoms with Crippen molar-refractivity contribution in [2.45, 2.75) is 6.54 Å². The topological polar surface area (TPSA) is 72.5 Å². The zero-order valence-electron chi connectivity index (χ0n) is 14.5. The summed E-state index contributed by atoms with van der Waals surface area (Å²) in [5.41, 5.74) is 2.44. The fraction of sp³-hybridized carbons (Fsp3) is 0.100. The highest BCUT2D eigenvalue weighted by molar-refractivity contribution is 6.31. The maximum absolute atomic E-state index is 13.2. The maximum Gasteiger partial charge on any atom is 0.270 e. The van der Waals surface area contributed by atoms with E-state index >= 15 is 0 Å². The Morgan fingerprint density at radius 1 is 1.07 bits per heavy atom. The quantitative estimate of drug-likeness (QED) is 0.670. The van der Waals surface area contributed by atoms with Gasteiger partial charge in [0.25, 0.3) is 5.91 Å². The lowest BCUT2D eigenvalue weighted by atomic mass is 10.2. The van der Waals surface area contributed by atoms with Crippen molar-refractivity contribution in [3.8, 4) is 11.5 Å². The van der Waals surface area contributed by atoms with Crippen LogP contribution in [-0.2, 0) is 6.54 Å². The Kier molecular flexibility index (Phi) is 4.99. The molecule has 0 bridgehead atoms. The van der Waals surface area contributed by atoms with Crippen LogP contribution in [0.3, 0.4) is 0 Å². The van der Waals surface area contributed by atoms with E-state index in [1.165, 1.54) is 18.3 Å². The van der Waals surface area contributed by atoms with Crippen LogP contribution in [0.5, 0.6) is 11.5 Å². The van der Waals surface area contributed by atoms with Crippen molar-refractivity contribution in [1.82, 2.24) is 10.3 Å². The van der Waals surface area contributed by atoms with Gasteiger partial charge in [-0.1, -0.05) is 17.7 Å². The first-order chi connectivity index (χ1) is 13.6. The number of hydrogen-bond donors (Lipinski definition) is 2. The average molecular weight is 400 g/mol. The van der Waals surface area contributed by atoms with E-state index in [0.29, 0.717) is 29.4 Å². The van der Waals surface area contributed by atoms with Crippen LogP contribution in [0, 0.1) is 5.82 Å². The number of carbonyl (C=O) groups excluding carboxylic acids is 1. The fourth-order valence-corrected chi connectivity index (χ4v) is 2.85. The molecule has 2 aromatic carbocycles. The van der Waals surface area contributed by atoms with Crippen molar-refractivity contribution in [1.29, 1.82) is 0 Å². The Labute approximate surface area is 165 Å². The van der Waals surface area contributed by atoms with E-state index in [9.17, 15) is 9.18 Å². The number of benzene rings is 2. The lowest BCUT2D eigenvalue weighted by Crippen LogP contribution is -2.23. The van der Waals surface area contributed by atoms with E-state index in [2.05, 4.69) is 15.6 Å². The van der Waals surface area contributed by atoms with Gasteiger partial charge in [0.15, 0.2) is 11.5 Å². The average Bonchev–Trinajstić information content (AvgIpc) is 3.17. The summed E-state index contributed by atoms with van der Waals surface area (Å²) in [6.07, 6.45) is 1.52. The highest BCUT2D eigenvalue weighted by Crippen LogP contribution is 2.32. The van der Waals surface area contributed by atoms with E-state index in [0.717, 1.165) is 5.56 Å². The number of aromatic nitrogens is 1. The number of pyridine rings is 1. The number of anilines is 2. The van der Waals surface area contributed by atoms with Gasteiger partial charge in [-0.2, -0.15) is 0 Å². The predicted molar refractivity (Wildman–Crippen MR) is 103 cm³/mol. The van der Waals surface area contributed by atoms with Gasteiger partial charge in [-0.3, -0.25) is 4.79 Å². The van der Waals surface area contributed by atoms with Gasteiger partial charge in [-0.25, -0.2) is 9.37 Å². The number of carbonyl (C=O) groups is 1. The summed E-state index contributed by atoms with van der Waals surface area (Å²) < 4.78 is 23.8. The second-order valence-corrected chi connectivity index (χ2v) is 6.46. The number of halogens is 2. The number of fused-ring (bicyclic) bond motifs is 1. The van der Waals surface area contributed by atoms with Crippen LogP contribution in [0.1, 0.15) is 16.1 Å². The SMILES string of the molecule is O=C(NCc1ccc2c(c1)OCO2)c1ccc(Nc2ccc(F)c(Cl)c2)cn1. The molecule has 1 amide bonds. The smallest absolute Gasteiger partial charge is 0.270 e. The van der Waals surface area contributed by atoms with Crippen molar-refractivity contribution in [3.05, 3.63) is 76.8 Å². The van der Waals surface area contributed by atoms with Gasteiger partial charge in [-0.05, 0) is 48.0 Å². The van der Waals surface area contributed by atoms with Crippen LogP contribution in [0.15, 0.2) is 54.7 Å². The summed E-state index contributed by atoms with van der Waals surface area (Å²) in [7, 11) is 0. The molecule has 1 aliphatic heterocycles. The summed E-state index contributed by atoms with van der Waals surface area (Å²) in [6.45, 7) is 0.546. The molecule has 0 fully saturated rings. The molecule has 0 atom stereocenters. The molecule has 0 saturated heterocycles. The summed E-state index contributed by atoms with van der Waals surface area (Å²) in [5, 5.41) is 5.89. The molecule has 6 nitrogen and oxygen atoms in total. The largest absolute Gasteiger partial charge is 0.454 e. The van der Waals surface area contributed by atoms with Crippen molar-refractivity contribution < 1.29 is 18.7 Å². The van der Waals surface area contributed by atoms with E-state index in [1.807, 2.05) is 18.2 Å². The second-order valence-electron chi connectivity index (χ2n) is 6.06. The van der Waals surface area contributed by atoms with E-state index in [-0.39, 0.29) is 23.4 Å². The molecule has 0 unspecified atom stereocenters. The van der Waals surface area contributed by atoms with Crippen LogP contribution in [-0.4, -0.2) is 17.7 Å². The minimum atomic E-state index is -0.486. The molecule has 0 saturated carbocycles. The number of nitrogens with zero attached hydrogens (tertiary/aromatic N) is 1. The third-order valence-corrected chi connectivity index (χ3v) is 4.38. The molecule has 3 aromatic rings. The van der Waals surface area contributed by atoms with Crippen LogP contribution < -0.4 is 20.1 Å². The molecular formula is C20H15ClFN3O3.